The highest BCUT2D eigenvalue weighted by Gasteiger charge is 2.21. The van der Waals surface area contributed by atoms with E-state index in [1.54, 1.807) is 24.3 Å². The van der Waals surface area contributed by atoms with Crippen LogP contribution in [-0.4, -0.2) is 37.0 Å². The summed E-state index contributed by atoms with van der Waals surface area (Å²) in [5.74, 6) is 5.34. The second-order valence-corrected chi connectivity index (χ2v) is 4.34. The smallest absolute Gasteiger partial charge is 0.337 e. The van der Waals surface area contributed by atoms with Gasteiger partial charge in [-0.3, -0.25) is 0 Å². The van der Waals surface area contributed by atoms with Crippen LogP contribution in [0.25, 0.3) is 0 Å². The normalized spacial score (nSPS) is 13.0. The van der Waals surface area contributed by atoms with Crippen molar-refractivity contribution in [3.05, 3.63) is 35.4 Å². The van der Waals surface area contributed by atoms with Gasteiger partial charge in [0.2, 0.25) is 0 Å². The maximum absolute atomic E-state index is 11.3. The zero-order valence-corrected chi connectivity index (χ0v) is 12.1. The molecular weight excluding hydrogens is 256 g/mol. The predicted molar refractivity (Wildman–Crippen MR) is 76.4 cm³/mol. The van der Waals surface area contributed by atoms with E-state index in [1.165, 1.54) is 7.11 Å². The molecule has 0 aliphatic heterocycles. The molecule has 0 aromatic heterocycles. The van der Waals surface area contributed by atoms with E-state index in [1.807, 2.05) is 13.8 Å². The third-order valence-corrected chi connectivity index (χ3v) is 2.88. The first-order valence-corrected chi connectivity index (χ1v) is 6.56. The zero-order chi connectivity index (χ0) is 15.0. The minimum Gasteiger partial charge on any atom is -0.465 e. The van der Waals surface area contributed by atoms with Crippen LogP contribution >= 0.6 is 0 Å². The van der Waals surface area contributed by atoms with Crippen LogP contribution in [0.2, 0.25) is 0 Å². The van der Waals surface area contributed by atoms with Gasteiger partial charge < -0.3 is 14.6 Å². The molecule has 0 radical (unpaired) electrons. The number of ether oxygens (including phenoxy) is 2. The highest BCUT2D eigenvalue weighted by atomic mass is 16.5. The largest absolute Gasteiger partial charge is 0.465 e. The zero-order valence-electron chi connectivity index (χ0n) is 12.1. The van der Waals surface area contributed by atoms with E-state index in [-0.39, 0.29) is 12.6 Å². The van der Waals surface area contributed by atoms with Gasteiger partial charge in [-0.2, -0.15) is 0 Å². The molecule has 1 N–H and O–H groups in total. The summed E-state index contributed by atoms with van der Waals surface area (Å²) in [6.07, 6.45) is 0.486. The average Bonchev–Trinajstić information content (AvgIpc) is 2.50. The molecule has 0 saturated heterocycles. The van der Waals surface area contributed by atoms with Gasteiger partial charge in [0.1, 0.15) is 5.60 Å². The Morgan fingerprint density at radius 3 is 2.45 bits per heavy atom. The SMILES string of the molecule is CCOCC(O)(C#Cc1ccc(C(=O)OC)cc1)CC. The Hall–Kier alpha value is -1.83. The summed E-state index contributed by atoms with van der Waals surface area (Å²) in [7, 11) is 1.34. The minimum atomic E-state index is -1.14. The number of rotatable bonds is 5. The van der Waals surface area contributed by atoms with Gasteiger partial charge in [0.15, 0.2) is 0 Å². The van der Waals surface area contributed by atoms with E-state index in [9.17, 15) is 9.90 Å². The quantitative estimate of drug-likeness (QED) is 0.660. The molecule has 108 valence electrons. The van der Waals surface area contributed by atoms with Crippen molar-refractivity contribution < 1.29 is 19.4 Å². The number of hydrogen-bond acceptors (Lipinski definition) is 4. The van der Waals surface area contributed by atoms with Gasteiger partial charge >= 0.3 is 5.97 Å². The lowest BCUT2D eigenvalue weighted by atomic mass is 10.0. The van der Waals surface area contributed by atoms with E-state index in [4.69, 9.17) is 4.74 Å². The first kappa shape index (κ1) is 16.2. The van der Waals surface area contributed by atoms with Crippen molar-refractivity contribution in [2.24, 2.45) is 0 Å². The third-order valence-electron chi connectivity index (χ3n) is 2.88. The van der Waals surface area contributed by atoms with Gasteiger partial charge in [-0.25, -0.2) is 4.79 Å². The summed E-state index contributed by atoms with van der Waals surface area (Å²) < 4.78 is 9.85. The van der Waals surface area contributed by atoms with E-state index in [0.29, 0.717) is 18.6 Å². The number of esters is 1. The van der Waals surface area contributed by atoms with Crippen molar-refractivity contribution in [3.8, 4) is 11.8 Å². The molecule has 0 heterocycles. The molecule has 4 heteroatoms. The molecule has 0 spiro atoms. The van der Waals surface area contributed by atoms with Crippen LogP contribution in [0.1, 0.15) is 36.2 Å². The van der Waals surface area contributed by atoms with E-state index in [0.717, 1.165) is 5.56 Å². The second kappa shape index (κ2) is 7.68. The molecule has 0 amide bonds. The highest BCUT2D eigenvalue weighted by molar-refractivity contribution is 5.89. The van der Waals surface area contributed by atoms with Crippen molar-refractivity contribution in [1.82, 2.24) is 0 Å². The van der Waals surface area contributed by atoms with Crippen molar-refractivity contribution in [1.29, 1.82) is 0 Å². The monoisotopic (exact) mass is 276 g/mol. The number of methoxy groups -OCH3 is 1. The van der Waals surface area contributed by atoms with E-state index >= 15 is 0 Å². The van der Waals surface area contributed by atoms with Gasteiger partial charge in [-0.05, 0) is 37.6 Å². The fourth-order valence-electron chi connectivity index (χ4n) is 1.49. The summed E-state index contributed by atoms with van der Waals surface area (Å²) in [4.78, 5) is 11.3. The van der Waals surface area contributed by atoms with Crippen LogP contribution in [0.15, 0.2) is 24.3 Å². The summed E-state index contributed by atoms with van der Waals surface area (Å²) in [5, 5.41) is 10.2. The topological polar surface area (TPSA) is 55.8 Å². The number of carbonyl (C=O) groups is 1. The number of benzene rings is 1. The number of carbonyl (C=O) groups excluding carboxylic acids is 1. The second-order valence-electron chi connectivity index (χ2n) is 4.34. The molecule has 1 aromatic rings. The van der Waals surface area contributed by atoms with Crippen molar-refractivity contribution >= 4 is 5.97 Å². The third kappa shape index (κ3) is 4.69. The van der Waals surface area contributed by atoms with Crippen LogP contribution in [-0.2, 0) is 9.47 Å². The lowest BCUT2D eigenvalue weighted by Crippen LogP contribution is -2.32. The van der Waals surface area contributed by atoms with Gasteiger partial charge in [-0.1, -0.05) is 18.8 Å². The molecule has 1 unspecified atom stereocenters. The highest BCUT2D eigenvalue weighted by Crippen LogP contribution is 2.10. The molecule has 0 aliphatic carbocycles. The first-order chi connectivity index (χ1) is 9.54. The van der Waals surface area contributed by atoms with E-state index in [2.05, 4.69) is 16.6 Å². The average molecular weight is 276 g/mol. The summed E-state index contributed by atoms with van der Waals surface area (Å²) in [6.45, 7) is 4.45. The Kier molecular flexibility index (Phi) is 6.23. The molecule has 1 aromatic carbocycles. The van der Waals surface area contributed by atoms with E-state index < -0.39 is 5.60 Å². The fraction of sp³-hybridized carbons (Fsp3) is 0.438. The first-order valence-electron chi connectivity index (χ1n) is 6.56. The van der Waals surface area contributed by atoms with Gasteiger partial charge in [0.05, 0.1) is 19.3 Å². The summed E-state index contributed by atoms with van der Waals surface area (Å²) in [5.41, 5.74) is 0.0518. The molecular formula is C16H20O4. The Morgan fingerprint density at radius 1 is 1.30 bits per heavy atom. The van der Waals surface area contributed by atoms with Crippen molar-refractivity contribution in [2.75, 3.05) is 20.3 Å². The van der Waals surface area contributed by atoms with Crippen LogP contribution in [0.4, 0.5) is 0 Å². The fourth-order valence-corrected chi connectivity index (χ4v) is 1.49. The summed E-state index contributed by atoms with van der Waals surface area (Å²) in [6, 6.07) is 6.72. The van der Waals surface area contributed by atoms with Crippen LogP contribution < -0.4 is 0 Å². The maximum Gasteiger partial charge on any atom is 0.337 e. The van der Waals surface area contributed by atoms with Gasteiger partial charge in [0.25, 0.3) is 0 Å². The molecule has 20 heavy (non-hydrogen) atoms. The van der Waals surface area contributed by atoms with Crippen LogP contribution in [0.5, 0.6) is 0 Å². The lowest BCUT2D eigenvalue weighted by Gasteiger charge is -2.19. The Balaban J connectivity index is 2.82. The van der Waals surface area contributed by atoms with Gasteiger partial charge in [-0.15, -0.1) is 0 Å². The molecule has 0 aliphatic rings. The summed E-state index contributed by atoms with van der Waals surface area (Å²) >= 11 is 0. The van der Waals surface area contributed by atoms with Crippen LogP contribution in [0.3, 0.4) is 0 Å². The van der Waals surface area contributed by atoms with Crippen molar-refractivity contribution in [2.45, 2.75) is 25.9 Å². The maximum atomic E-state index is 11.3. The lowest BCUT2D eigenvalue weighted by molar-refractivity contribution is -0.00486. The molecule has 0 fully saturated rings. The number of aliphatic hydroxyl groups is 1. The predicted octanol–water partition coefficient (Wildman–Crippen LogP) is 2.00. The Bertz CT molecular complexity index is 495. The Morgan fingerprint density at radius 2 is 1.95 bits per heavy atom. The molecule has 1 atom stereocenters. The minimum absolute atomic E-state index is 0.188. The molecule has 1 rings (SSSR count). The molecule has 0 saturated carbocycles. The molecule has 4 nitrogen and oxygen atoms in total. The van der Waals surface area contributed by atoms with Crippen LogP contribution in [0, 0.1) is 11.8 Å². The number of hydrogen-bond donors (Lipinski definition) is 1. The Labute approximate surface area is 119 Å². The molecule has 0 bridgehead atoms. The standard InChI is InChI=1S/C16H20O4/c1-4-16(18,12-20-5-2)11-10-13-6-8-14(9-7-13)15(17)19-3/h6-9,18H,4-5,12H2,1-3H3. The van der Waals surface area contributed by atoms with Gasteiger partial charge in [0, 0.05) is 12.2 Å². The van der Waals surface area contributed by atoms with Crippen molar-refractivity contribution in [3.63, 3.8) is 0 Å².